The van der Waals surface area contributed by atoms with Gasteiger partial charge in [0, 0.05) is 47.5 Å². The van der Waals surface area contributed by atoms with Crippen LogP contribution in [0.2, 0.25) is 0 Å². The summed E-state index contributed by atoms with van der Waals surface area (Å²) in [7, 11) is -3.34. The van der Waals surface area contributed by atoms with Crippen molar-refractivity contribution in [2.75, 3.05) is 45.8 Å². The number of para-hydroxylation sites is 1. The van der Waals surface area contributed by atoms with Crippen molar-refractivity contribution in [1.82, 2.24) is 4.98 Å². The minimum absolute atomic E-state index is 0.0625. The second-order valence-electron chi connectivity index (χ2n) is 13.6. The molecule has 15 heteroatoms. The van der Waals surface area contributed by atoms with E-state index in [1.54, 1.807) is 62.5 Å². The van der Waals surface area contributed by atoms with E-state index >= 15 is 0 Å². The summed E-state index contributed by atoms with van der Waals surface area (Å²) in [5, 5.41) is 5.13. The van der Waals surface area contributed by atoms with Crippen LogP contribution in [0, 0.1) is 17.5 Å². The fourth-order valence-corrected chi connectivity index (χ4v) is 9.05. The molecule has 3 amide bonds. The zero-order valence-electron chi connectivity index (χ0n) is 29.2. The van der Waals surface area contributed by atoms with E-state index in [2.05, 4.69) is 15.6 Å². The number of hydrogen-bond acceptors (Lipinski definition) is 8. The predicted molar refractivity (Wildman–Crippen MR) is 203 cm³/mol. The van der Waals surface area contributed by atoms with Gasteiger partial charge in [0.1, 0.15) is 29.0 Å². The van der Waals surface area contributed by atoms with Gasteiger partial charge in [-0.25, -0.2) is 26.6 Å². The number of thiophene rings is 1. The second-order valence-corrected chi connectivity index (χ2v) is 17.4. The van der Waals surface area contributed by atoms with Crippen molar-refractivity contribution in [3.63, 3.8) is 0 Å². The van der Waals surface area contributed by atoms with E-state index in [0.717, 1.165) is 23.5 Å². The van der Waals surface area contributed by atoms with E-state index in [-0.39, 0.29) is 34.8 Å². The topological polar surface area (TPSA) is 129 Å². The number of amides is 3. The van der Waals surface area contributed by atoms with Crippen LogP contribution in [0.25, 0.3) is 10.4 Å². The molecule has 2 aliphatic rings. The molecule has 2 aromatic heterocycles. The van der Waals surface area contributed by atoms with Gasteiger partial charge in [0.15, 0.2) is 9.84 Å². The first kappa shape index (κ1) is 36.8. The summed E-state index contributed by atoms with van der Waals surface area (Å²) in [6.07, 6.45) is 2.23. The Balaban J connectivity index is 1.09. The molecule has 1 saturated heterocycles. The predicted octanol–water partition coefficient (Wildman–Crippen LogP) is 7.34. The van der Waals surface area contributed by atoms with Gasteiger partial charge in [-0.15, -0.1) is 11.3 Å². The van der Waals surface area contributed by atoms with Gasteiger partial charge in [-0.2, -0.15) is 0 Å². The van der Waals surface area contributed by atoms with Crippen LogP contribution in [-0.4, -0.2) is 61.3 Å². The molecule has 7 rings (SSSR count). The summed E-state index contributed by atoms with van der Waals surface area (Å²) in [5.74, 6) is -3.67. The van der Waals surface area contributed by atoms with Gasteiger partial charge in [-0.05, 0) is 105 Å². The zero-order valence-corrected chi connectivity index (χ0v) is 30.8. The highest BCUT2D eigenvalue weighted by atomic mass is 32.2. The number of hydrogen-bond donors (Lipinski definition) is 2. The molecule has 1 fully saturated rings. The number of carbonyl (C=O) groups excluding carboxylic acids is 3. The quantitative estimate of drug-likeness (QED) is 0.185. The molecule has 2 N–H and O–H groups in total. The van der Waals surface area contributed by atoms with Gasteiger partial charge in [-0.1, -0.05) is 6.07 Å². The molecule has 2 aliphatic heterocycles. The lowest BCUT2D eigenvalue weighted by Gasteiger charge is -2.24. The first-order chi connectivity index (χ1) is 25.7. The Hall–Kier alpha value is -5.54. The average Bonchev–Trinajstić information content (AvgIpc) is 3.46. The van der Waals surface area contributed by atoms with Crippen LogP contribution in [0.3, 0.4) is 0 Å². The van der Waals surface area contributed by atoms with E-state index in [4.69, 9.17) is 0 Å². The molecule has 3 aromatic carbocycles. The molecule has 0 atom stereocenters. The molecule has 0 radical (unpaired) electrons. The minimum atomic E-state index is -3.34. The largest absolute Gasteiger partial charge is 0.355 e. The summed E-state index contributed by atoms with van der Waals surface area (Å²) in [4.78, 5) is 49.0. The maximum atomic E-state index is 14.7. The molecule has 5 aromatic rings. The van der Waals surface area contributed by atoms with Crippen molar-refractivity contribution in [3.8, 4) is 10.4 Å². The number of carbonyl (C=O) groups is 3. The smallest absolute Gasteiger partial charge is 0.265 e. The summed E-state index contributed by atoms with van der Waals surface area (Å²) in [6.45, 7) is 4.15. The highest BCUT2D eigenvalue weighted by Crippen LogP contribution is 2.42. The minimum Gasteiger partial charge on any atom is -0.355 e. The Morgan fingerprint density at radius 2 is 1.59 bits per heavy atom. The maximum Gasteiger partial charge on any atom is 0.265 e. The number of benzene rings is 3. The molecular weight excluding hydrogens is 740 g/mol. The lowest BCUT2D eigenvalue weighted by Crippen LogP contribution is -2.33. The third kappa shape index (κ3) is 7.08. The number of halogens is 3. The summed E-state index contributed by atoms with van der Waals surface area (Å²) >= 11 is 1.07. The Morgan fingerprint density at radius 3 is 2.33 bits per heavy atom. The van der Waals surface area contributed by atoms with Gasteiger partial charge in [0.05, 0.1) is 26.6 Å². The Morgan fingerprint density at radius 1 is 0.852 bits per heavy atom. The van der Waals surface area contributed by atoms with Crippen LogP contribution in [0.1, 0.15) is 56.2 Å². The van der Waals surface area contributed by atoms with Gasteiger partial charge >= 0.3 is 0 Å². The van der Waals surface area contributed by atoms with Gasteiger partial charge in [-0.3, -0.25) is 14.4 Å². The standard InChI is InChI=1S/C39H34F3N5O5S2/c1-39(2)15-18-46(19-20-54(39,51)52)35-28(5-4-16-43-35)36(48)44-26-11-8-23(9-12-26)38(50)47-17-14-24-21-32(37(49)45-33-29(41)6-3-7-30(33)42)53-34(24)27-13-10-25(40)22-31(27)47/h3-13,16,21-22H,14-15,17-20H2,1-2H3,(H,44,48)(H,45,49). The molecule has 0 bridgehead atoms. The van der Waals surface area contributed by atoms with Crippen LogP contribution >= 0.6 is 11.3 Å². The number of fused-ring (bicyclic) bond motifs is 3. The number of pyridine rings is 1. The molecule has 0 saturated carbocycles. The van der Waals surface area contributed by atoms with Gasteiger partial charge in [0.25, 0.3) is 17.7 Å². The van der Waals surface area contributed by atoms with Crippen LogP contribution in [0.15, 0.2) is 85.1 Å². The third-order valence-electron chi connectivity index (χ3n) is 9.76. The molecular formula is C39H34F3N5O5S2. The number of aromatic nitrogens is 1. The zero-order chi connectivity index (χ0) is 38.4. The molecule has 54 heavy (non-hydrogen) atoms. The van der Waals surface area contributed by atoms with Crippen molar-refractivity contribution in [2.24, 2.45) is 0 Å². The van der Waals surface area contributed by atoms with Gasteiger partial charge < -0.3 is 20.4 Å². The molecule has 10 nitrogen and oxygen atoms in total. The van der Waals surface area contributed by atoms with Crippen LogP contribution in [0.4, 0.5) is 36.1 Å². The van der Waals surface area contributed by atoms with Crippen LogP contribution in [-0.2, 0) is 16.3 Å². The van der Waals surface area contributed by atoms with Crippen molar-refractivity contribution < 1.29 is 36.0 Å². The maximum absolute atomic E-state index is 14.7. The van der Waals surface area contributed by atoms with Crippen molar-refractivity contribution in [3.05, 3.63) is 124 Å². The Kier molecular flexibility index (Phi) is 9.79. The number of anilines is 4. The van der Waals surface area contributed by atoms with Crippen molar-refractivity contribution in [2.45, 2.75) is 31.4 Å². The fraction of sp³-hybridized carbons (Fsp3) is 0.231. The molecule has 0 aliphatic carbocycles. The fourth-order valence-electron chi connectivity index (χ4n) is 6.50. The molecule has 0 unspecified atom stereocenters. The molecule has 4 heterocycles. The van der Waals surface area contributed by atoms with E-state index < -0.39 is 55.4 Å². The number of rotatable bonds is 6. The van der Waals surface area contributed by atoms with Gasteiger partial charge in [0.2, 0.25) is 0 Å². The van der Waals surface area contributed by atoms with E-state index in [0.29, 0.717) is 52.6 Å². The monoisotopic (exact) mass is 773 g/mol. The summed E-state index contributed by atoms with van der Waals surface area (Å²) < 4.78 is 67.8. The van der Waals surface area contributed by atoms with E-state index in [9.17, 15) is 36.0 Å². The van der Waals surface area contributed by atoms with E-state index in [1.165, 1.54) is 29.2 Å². The lowest BCUT2D eigenvalue weighted by atomic mass is 10.1. The first-order valence-corrected chi connectivity index (χ1v) is 19.5. The highest BCUT2D eigenvalue weighted by Gasteiger charge is 2.38. The number of nitrogens with one attached hydrogen (secondary N) is 2. The third-order valence-corrected chi connectivity index (χ3v) is 13.6. The summed E-state index contributed by atoms with van der Waals surface area (Å²) in [6, 6.07) is 18.4. The second kappa shape index (κ2) is 14.4. The number of nitrogens with zero attached hydrogens (tertiary/aromatic N) is 3. The summed E-state index contributed by atoms with van der Waals surface area (Å²) in [5.41, 5.74) is 1.90. The van der Waals surface area contributed by atoms with Crippen LogP contribution in [0.5, 0.6) is 0 Å². The number of sulfone groups is 1. The molecule has 0 spiro atoms. The normalized spacial score (nSPS) is 16.0. The highest BCUT2D eigenvalue weighted by molar-refractivity contribution is 7.92. The van der Waals surface area contributed by atoms with Crippen LogP contribution < -0.4 is 20.4 Å². The Labute approximate surface area is 313 Å². The molecule has 278 valence electrons. The van der Waals surface area contributed by atoms with E-state index in [1.807, 2.05) is 4.90 Å². The lowest BCUT2D eigenvalue weighted by molar-refractivity contribution is 0.0985. The first-order valence-electron chi connectivity index (χ1n) is 17.1. The Bertz CT molecular complexity index is 2400. The average molecular weight is 774 g/mol. The van der Waals surface area contributed by atoms with Crippen molar-refractivity contribution in [1.29, 1.82) is 0 Å². The van der Waals surface area contributed by atoms with Crippen molar-refractivity contribution >= 4 is 61.8 Å². The SMILES string of the molecule is CC1(C)CCN(c2ncccc2C(=O)Nc2ccc(C(=O)N3CCc4cc(C(=O)Nc5c(F)cccc5F)sc4-c4ccc(F)cc43)cc2)CCS1(=O)=O.